The summed E-state index contributed by atoms with van der Waals surface area (Å²) in [5.74, 6) is 0. The molecule has 128 heavy (non-hydrogen) atoms. The number of rotatable bonds is 11. The van der Waals surface area contributed by atoms with Crippen molar-refractivity contribution in [1.82, 2.24) is 13.7 Å². The van der Waals surface area contributed by atoms with Crippen LogP contribution in [0.2, 0.25) is 0 Å². The first-order valence-corrected chi connectivity index (χ1v) is 43.3. The van der Waals surface area contributed by atoms with E-state index in [0.29, 0.717) is 39.4 Å². The SMILES string of the molecule is [2H]c1c([2H])c([2H])c2c(c1[2H])c1c([2H])c([2H])c([2H])c([2H])c1n2-c1ccc2c(c1)N(c1c(-c3ccccc3)cc(C(C)(C)C)cc1-c1cccc(-c3ccccc3)c1)c1cc(-c3ccc4c(c3)c3ccccc3n4-c3ccccc3)cc3c1B2c1ccc(-n2c4c([2H])c([2H])c([2H])c([2H])c4c4c([2H])c([2H])c([2H])c([2H])c42)cc1N3c1c(-c2cc3ccccc3c3ccccc23)cccc1-c1cc2ccccc2c2ccccc12. The molecule has 0 radical (unpaired) electrons. The van der Waals surface area contributed by atoms with Crippen LogP contribution in [-0.2, 0) is 5.41 Å². The van der Waals surface area contributed by atoms with E-state index in [9.17, 15) is 21.9 Å². The Morgan fingerprint density at radius 2 is 0.625 bits per heavy atom. The zero-order valence-corrected chi connectivity index (χ0v) is 69.7. The number of para-hydroxylation sites is 7. The minimum absolute atomic E-state index is 0.0731. The normalized spacial score (nSPS) is 14.4. The van der Waals surface area contributed by atoms with E-state index in [1.54, 1.807) is 9.13 Å². The van der Waals surface area contributed by atoms with Gasteiger partial charge in [0.25, 0.3) is 6.71 Å². The lowest BCUT2D eigenvalue weighted by atomic mass is 9.33. The maximum atomic E-state index is 10.2. The van der Waals surface area contributed by atoms with E-state index in [2.05, 4.69) is 308 Å². The topological polar surface area (TPSA) is 21.3 Å². The molecule has 0 fully saturated rings. The Morgan fingerprint density at radius 1 is 0.227 bits per heavy atom. The summed E-state index contributed by atoms with van der Waals surface area (Å²) in [7, 11) is 0. The zero-order valence-electron chi connectivity index (χ0n) is 85.7. The first kappa shape index (κ1) is 58.7. The first-order chi connectivity index (χ1) is 69.8. The van der Waals surface area contributed by atoms with E-state index in [4.69, 9.17) is 0 Å². The number of hydrogen-bond donors (Lipinski definition) is 0. The summed E-state index contributed by atoms with van der Waals surface area (Å²) >= 11 is 0. The maximum absolute atomic E-state index is 10.2. The molecule has 26 rings (SSSR count). The summed E-state index contributed by atoms with van der Waals surface area (Å²) in [6.45, 7) is 5.77. The van der Waals surface area contributed by atoms with Gasteiger partial charge in [0.1, 0.15) is 0 Å². The van der Waals surface area contributed by atoms with Gasteiger partial charge in [-0.3, -0.25) is 0 Å². The van der Waals surface area contributed by atoms with Gasteiger partial charge in [-0.1, -0.05) is 342 Å². The fraction of sp³-hybridized carbons (Fsp3) is 0.0328. The molecular formula is C122H82BN5. The van der Waals surface area contributed by atoms with Gasteiger partial charge in [0, 0.05) is 94.4 Å². The van der Waals surface area contributed by atoms with Gasteiger partial charge in [0.05, 0.1) is 66.4 Å². The minimum Gasteiger partial charge on any atom is -0.310 e. The molecule has 5 heterocycles. The summed E-state index contributed by atoms with van der Waals surface area (Å²) in [5.41, 5.74) is 20.0. The Labute approximate surface area is 765 Å². The predicted molar refractivity (Wildman–Crippen MR) is 545 cm³/mol. The highest BCUT2D eigenvalue weighted by atomic mass is 15.2. The second kappa shape index (κ2) is 28.6. The molecule has 0 amide bonds. The second-order valence-electron chi connectivity index (χ2n) is 34.6. The Morgan fingerprint density at radius 3 is 1.15 bits per heavy atom. The Bertz CT molecular complexity index is 9530. The molecule has 0 spiro atoms. The van der Waals surface area contributed by atoms with Crippen molar-refractivity contribution in [3.05, 3.63) is 448 Å². The number of hydrogen-bond acceptors (Lipinski definition) is 2. The average Bonchev–Trinajstić information content (AvgIpc) is 0.838. The smallest absolute Gasteiger partial charge is 0.252 e. The summed E-state index contributed by atoms with van der Waals surface area (Å²) in [6.07, 6.45) is 0. The second-order valence-corrected chi connectivity index (χ2v) is 34.6. The van der Waals surface area contributed by atoms with E-state index in [0.717, 1.165) is 154 Å². The third-order valence-corrected chi connectivity index (χ3v) is 26.6. The van der Waals surface area contributed by atoms with Crippen LogP contribution in [-0.4, -0.2) is 20.4 Å². The molecular weight excluding hydrogens is 1550 g/mol. The molecule has 0 atom stereocenters. The minimum atomic E-state index is -0.894. The molecule has 6 heteroatoms. The summed E-state index contributed by atoms with van der Waals surface area (Å²) in [5, 5.41) is 9.56. The van der Waals surface area contributed by atoms with Crippen molar-refractivity contribution in [2.45, 2.75) is 26.2 Å². The van der Waals surface area contributed by atoms with Gasteiger partial charge in [0.2, 0.25) is 0 Å². The van der Waals surface area contributed by atoms with Crippen LogP contribution in [0.1, 0.15) is 48.3 Å². The maximum Gasteiger partial charge on any atom is 0.252 e. The molecule has 0 bridgehead atoms. The molecule has 0 aliphatic carbocycles. The highest BCUT2D eigenvalue weighted by molar-refractivity contribution is 7.00. The van der Waals surface area contributed by atoms with Crippen molar-refractivity contribution in [2.75, 3.05) is 9.80 Å². The van der Waals surface area contributed by atoms with Crippen molar-refractivity contribution in [1.29, 1.82) is 0 Å². The fourth-order valence-electron chi connectivity index (χ4n) is 20.9. The molecule has 5 nitrogen and oxygen atoms in total. The fourth-order valence-corrected chi connectivity index (χ4v) is 20.9. The average molecular weight is 1640 g/mol. The van der Waals surface area contributed by atoms with Crippen LogP contribution in [0.25, 0.3) is 192 Å². The van der Waals surface area contributed by atoms with Gasteiger partial charge in [-0.05, 0) is 236 Å². The number of benzene rings is 21. The lowest BCUT2D eigenvalue weighted by Crippen LogP contribution is -2.61. The van der Waals surface area contributed by atoms with Crippen LogP contribution in [0, 0.1) is 0 Å². The van der Waals surface area contributed by atoms with Crippen molar-refractivity contribution in [2.24, 2.45) is 0 Å². The summed E-state index contributed by atoms with van der Waals surface area (Å²) in [6, 6.07) is 113. The monoisotopic (exact) mass is 1640 g/mol. The van der Waals surface area contributed by atoms with Gasteiger partial charge in [-0.25, -0.2) is 0 Å². The van der Waals surface area contributed by atoms with Crippen LogP contribution in [0.5, 0.6) is 0 Å². The van der Waals surface area contributed by atoms with Gasteiger partial charge in [0.15, 0.2) is 0 Å². The third-order valence-electron chi connectivity index (χ3n) is 26.6. The molecule has 0 unspecified atom stereocenters. The number of aromatic nitrogens is 3. The quantitative estimate of drug-likeness (QED) is 0.0951. The highest BCUT2D eigenvalue weighted by Crippen LogP contribution is 2.57. The number of anilines is 6. The molecule has 24 aromatic rings. The van der Waals surface area contributed by atoms with Crippen molar-refractivity contribution >= 4 is 166 Å². The first-order valence-electron chi connectivity index (χ1n) is 51.3. The van der Waals surface area contributed by atoms with E-state index in [-0.39, 0.29) is 55.0 Å². The van der Waals surface area contributed by atoms with E-state index < -0.39 is 109 Å². The van der Waals surface area contributed by atoms with Gasteiger partial charge in [-0.15, -0.1) is 0 Å². The molecule has 21 aromatic carbocycles. The molecule has 2 aliphatic rings. The summed E-state index contributed by atoms with van der Waals surface area (Å²) in [4.78, 5) is 4.78. The largest absolute Gasteiger partial charge is 0.310 e. The van der Waals surface area contributed by atoms with Gasteiger partial charge < -0.3 is 23.5 Å². The van der Waals surface area contributed by atoms with Gasteiger partial charge in [-0.2, -0.15) is 0 Å². The Hall–Kier alpha value is -16.3. The molecule has 3 aromatic heterocycles. The summed E-state index contributed by atoms with van der Waals surface area (Å²) < 4.78 is 162. The van der Waals surface area contributed by atoms with Crippen LogP contribution in [0.15, 0.2) is 442 Å². The van der Waals surface area contributed by atoms with E-state index in [1.165, 1.54) is 0 Å². The third kappa shape index (κ3) is 11.2. The molecule has 2 aliphatic heterocycles. The molecule has 598 valence electrons. The van der Waals surface area contributed by atoms with Crippen molar-refractivity contribution in [3.8, 4) is 83.8 Å². The molecule has 0 saturated heterocycles. The lowest BCUT2D eigenvalue weighted by molar-refractivity contribution is 0.591. The van der Waals surface area contributed by atoms with E-state index in [1.807, 2.05) is 72.8 Å². The van der Waals surface area contributed by atoms with Gasteiger partial charge >= 0.3 is 0 Å². The predicted octanol–water partition coefficient (Wildman–Crippen LogP) is 31.0. The van der Waals surface area contributed by atoms with Crippen molar-refractivity contribution in [3.63, 3.8) is 0 Å². The molecule has 0 N–H and O–H groups in total. The lowest BCUT2D eigenvalue weighted by Gasteiger charge is -2.46. The Kier molecular flexibility index (Phi) is 13.1. The Balaban J connectivity index is 0.901. The van der Waals surface area contributed by atoms with E-state index >= 15 is 0 Å². The highest BCUT2D eigenvalue weighted by Gasteiger charge is 2.47. The van der Waals surface area contributed by atoms with Crippen molar-refractivity contribution < 1.29 is 21.9 Å². The zero-order chi connectivity index (χ0) is 98.5. The van der Waals surface area contributed by atoms with Crippen LogP contribution < -0.4 is 26.2 Å². The van der Waals surface area contributed by atoms with Crippen LogP contribution >= 0.6 is 0 Å². The number of fused-ring (bicyclic) bond motifs is 19. The number of nitrogens with zero attached hydrogens (tertiary/aromatic N) is 5. The van der Waals surface area contributed by atoms with Crippen LogP contribution in [0.3, 0.4) is 0 Å². The molecule has 0 saturated carbocycles. The van der Waals surface area contributed by atoms with Crippen LogP contribution in [0.4, 0.5) is 34.1 Å². The standard InChI is InChI=1S/C122H82BN5/c1-122(2,3)85-73-102(78-35-9-5-10-36-78)121(103(74-85)81-40-31-39-79(67-81)77-33-7-4-8-34-77)128-116-76-88(126-111-58-28-23-51-97(111)98-52-24-29-59-112(98)126)63-65-108(116)123-107-64-62-87(125-109-56-26-21-49-95(109)96-50-22-27-57-110(96)125)75-115(107)127(117-71-84(72-118(128)119(117)123)80-61-66-114-106(68-80)99-53-25-30-60-113(99)124(114)86-41-11-6-12-42-86)120-100(104-69-82-37-13-15-43-89(82)91-45-17-19-47-93(91)104)54-32-55-101(120)105-70-83-38-14-16-44-90(83)92-46-18-20-48-94(92)105/h4-76H,1-3H3/i21D,22D,23D,24D,26D,27D,28D,29D,49D,50D,51D,52D,56D,57D,58D,59D.